The molecule has 0 fully saturated rings. The minimum absolute atomic E-state index is 0.913. The summed E-state index contributed by atoms with van der Waals surface area (Å²) in [5.41, 5.74) is 9.47. The molecule has 0 unspecified atom stereocenters. The summed E-state index contributed by atoms with van der Waals surface area (Å²) in [4.78, 5) is 5.52. The molecule has 0 saturated carbocycles. The normalized spacial score (nSPS) is 12.3. The van der Waals surface area contributed by atoms with E-state index in [0.717, 1.165) is 61.0 Å². The van der Waals surface area contributed by atoms with Gasteiger partial charge >= 0.3 is 0 Å². The first kappa shape index (κ1) is 27.3. The van der Waals surface area contributed by atoms with Crippen LogP contribution in [0.25, 0.3) is 113 Å². The number of para-hydroxylation sites is 2. The van der Waals surface area contributed by atoms with E-state index in [1.54, 1.807) is 0 Å². The molecule has 0 saturated heterocycles. The van der Waals surface area contributed by atoms with Crippen molar-refractivity contribution in [3.63, 3.8) is 0 Å². The molecule has 12 aromatic rings. The van der Waals surface area contributed by atoms with E-state index >= 15 is 0 Å². The average Bonchev–Trinajstić information content (AvgIpc) is 3.89. The summed E-state index contributed by atoms with van der Waals surface area (Å²) in [6.07, 6.45) is 0. The standard InChI is InChI=1S/C47H26N2OS/c1-2-10-31-25-38-32(24-30(31)9-1)21-23-40-43(38)48-47-46-39(37-22-20-27-8-3-4-11-34(27)45(37)51-46)26-41(49(40)47)29-18-16-28(17-19-29)33-13-7-14-36-35-12-5-6-15-42(35)50-44(33)36/h1-26H. The number of benzene rings is 8. The lowest BCUT2D eigenvalue weighted by Gasteiger charge is -2.10. The van der Waals surface area contributed by atoms with Gasteiger partial charge in [-0.15, -0.1) is 11.3 Å². The molecule has 12 rings (SSSR count). The van der Waals surface area contributed by atoms with Gasteiger partial charge in [-0.2, -0.15) is 0 Å². The van der Waals surface area contributed by atoms with Crippen molar-refractivity contribution in [2.75, 3.05) is 0 Å². The summed E-state index contributed by atoms with van der Waals surface area (Å²) < 4.78 is 11.3. The van der Waals surface area contributed by atoms with Crippen LogP contribution in [0.3, 0.4) is 0 Å². The molecule has 0 aliphatic carbocycles. The Kier molecular flexibility index (Phi) is 5.38. The molecule has 4 heteroatoms. The van der Waals surface area contributed by atoms with Crippen LogP contribution in [0.4, 0.5) is 0 Å². The fourth-order valence-corrected chi connectivity index (χ4v) is 9.61. The number of pyridine rings is 1. The van der Waals surface area contributed by atoms with Crippen molar-refractivity contribution in [2.45, 2.75) is 0 Å². The maximum atomic E-state index is 6.41. The van der Waals surface area contributed by atoms with Gasteiger partial charge in [0.2, 0.25) is 0 Å². The van der Waals surface area contributed by atoms with Crippen LogP contribution in [0, 0.1) is 0 Å². The summed E-state index contributed by atoms with van der Waals surface area (Å²) in [6, 6.07) is 57.0. The van der Waals surface area contributed by atoms with Crippen molar-refractivity contribution >= 4 is 102 Å². The summed E-state index contributed by atoms with van der Waals surface area (Å²) >= 11 is 1.86. The Bertz CT molecular complexity index is 3420. The van der Waals surface area contributed by atoms with Crippen molar-refractivity contribution in [3.8, 4) is 22.4 Å². The van der Waals surface area contributed by atoms with Crippen molar-refractivity contribution in [1.29, 1.82) is 0 Å². The summed E-state index contributed by atoms with van der Waals surface area (Å²) in [5, 5.41) is 12.2. The maximum Gasteiger partial charge on any atom is 0.156 e. The highest BCUT2D eigenvalue weighted by molar-refractivity contribution is 7.27. The van der Waals surface area contributed by atoms with Gasteiger partial charge in [0.1, 0.15) is 11.2 Å². The first-order valence-corrected chi connectivity index (χ1v) is 18.1. The zero-order valence-electron chi connectivity index (χ0n) is 27.2. The van der Waals surface area contributed by atoms with Crippen LogP contribution in [0.1, 0.15) is 0 Å². The zero-order valence-corrected chi connectivity index (χ0v) is 28.0. The molecule has 0 amide bonds. The smallest absolute Gasteiger partial charge is 0.156 e. The van der Waals surface area contributed by atoms with Gasteiger partial charge < -0.3 is 4.42 Å². The fourth-order valence-electron chi connectivity index (χ4n) is 8.31. The van der Waals surface area contributed by atoms with Crippen LogP contribution in [0.5, 0.6) is 0 Å². The Balaban J connectivity index is 1.15. The second kappa shape index (κ2) is 10.0. The summed E-state index contributed by atoms with van der Waals surface area (Å²) in [6.45, 7) is 0. The molecule has 0 radical (unpaired) electrons. The van der Waals surface area contributed by atoms with E-state index in [-0.39, 0.29) is 0 Å². The van der Waals surface area contributed by atoms with E-state index in [2.05, 4.69) is 150 Å². The van der Waals surface area contributed by atoms with Gasteiger partial charge in [0.25, 0.3) is 0 Å². The largest absolute Gasteiger partial charge is 0.455 e. The molecule has 4 heterocycles. The molecule has 0 bridgehead atoms. The number of hydrogen-bond acceptors (Lipinski definition) is 3. The van der Waals surface area contributed by atoms with Crippen molar-refractivity contribution in [3.05, 3.63) is 158 Å². The van der Waals surface area contributed by atoms with Gasteiger partial charge in [-0.05, 0) is 68.4 Å². The van der Waals surface area contributed by atoms with Gasteiger partial charge in [-0.3, -0.25) is 4.40 Å². The van der Waals surface area contributed by atoms with E-state index in [4.69, 9.17) is 9.40 Å². The van der Waals surface area contributed by atoms with Crippen LogP contribution in [0.2, 0.25) is 0 Å². The molecule has 0 spiro atoms. The number of rotatable bonds is 2. The Morgan fingerprint density at radius 1 is 0.471 bits per heavy atom. The lowest BCUT2D eigenvalue weighted by Crippen LogP contribution is -1.93. The van der Waals surface area contributed by atoms with Gasteiger partial charge in [-0.1, -0.05) is 127 Å². The number of fused-ring (bicyclic) bond motifs is 15. The molecular weight excluding hydrogens is 641 g/mol. The molecule has 4 aromatic heterocycles. The Hall–Kier alpha value is -6.49. The van der Waals surface area contributed by atoms with Gasteiger partial charge in [-0.25, -0.2) is 4.98 Å². The predicted molar refractivity (Wildman–Crippen MR) is 216 cm³/mol. The Labute approximate surface area is 295 Å². The number of thiophene rings is 1. The lowest BCUT2D eigenvalue weighted by atomic mass is 9.99. The second-order valence-electron chi connectivity index (χ2n) is 13.5. The third kappa shape index (κ3) is 3.80. The average molecular weight is 667 g/mol. The van der Waals surface area contributed by atoms with Crippen LogP contribution in [-0.2, 0) is 0 Å². The third-order valence-corrected chi connectivity index (χ3v) is 12.0. The topological polar surface area (TPSA) is 30.4 Å². The van der Waals surface area contributed by atoms with Gasteiger partial charge in [0, 0.05) is 37.2 Å². The molecule has 8 aromatic carbocycles. The molecular formula is C47H26N2OS. The number of nitrogens with zero attached hydrogens (tertiary/aromatic N) is 2. The highest BCUT2D eigenvalue weighted by atomic mass is 32.1. The molecule has 0 atom stereocenters. The van der Waals surface area contributed by atoms with Crippen LogP contribution in [-0.4, -0.2) is 9.38 Å². The zero-order chi connectivity index (χ0) is 33.2. The predicted octanol–water partition coefficient (Wildman–Crippen LogP) is 13.5. The highest BCUT2D eigenvalue weighted by Crippen LogP contribution is 2.44. The lowest BCUT2D eigenvalue weighted by molar-refractivity contribution is 0.670. The first-order valence-electron chi connectivity index (χ1n) is 17.3. The van der Waals surface area contributed by atoms with E-state index in [1.165, 1.54) is 52.5 Å². The molecule has 0 N–H and O–H groups in total. The van der Waals surface area contributed by atoms with Crippen LogP contribution >= 0.6 is 11.3 Å². The van der Waals surface area contributed by atoms with E-state index in [0.29, 0.717) is 0 Å². The minimum Gasteiger partial charge on any atom is -0.455 e. The van der Waals surface area contributed by atoms with Gasteiger partial charge in [0.05, 0.1) is 21.4 Å². The quantitative estimate of drug-likeness (QED) is 0.172. The SMILES string of the molecule is c1ccc2cc3c(ccc4c3nc3c5sc6c7ccccc7ccc6c5cc(-c5ccc(-c6cccc7c6oc6ccccc67)cc5)n43)cc2c1. The van der Waals surface area contributed by atoms with Crippen molar-refractivity contribution in [2.24, 2.45) is 0 Å². The number of hydrogen-bond donors (Lipinski definition) is 0. The summed E-state index contributed by atoms with van der Waals surface area (Å²) in [5.74, 6) is 0. The highest BCUT2D eigenvalue weighted by Gasteiger charge is 2.20. The third-order valence-electron chi connectivity index (χ3n) is 10.7. The number of aromatic nitrogens is 2. The molecule has 0 aliphatic rings. The van der Waals surface area contributed by atoms with E-state index in [9.17, 15) is 0 Å². The molecule has 51 heavy (non-hydrogen) atoms. The fraction of sp³-hybridized carbons (Fsp3) is 0. The second-order valence-corrected chi connectivity index (χ2v) is 14.5. The first-order chi connectivity index (χ1) is 25.3. The monoisotopic (exact) mass is 666 g/mol. The van der Waals surface area contributed by atoms with E-state index in [1.807, 2.05) is 23.5 Å². The Morgan fingerprint density at radius 2 is 1.20 bits per heavy atom. The Morgan fingerprint density at radius 3 is 2.08 bits per heavy atom. The van der Waals surface area contributed by atoms with Crippen molar-refractivity contribution in [1.82, 2.24) is 9.38 Å². The number of imidazole rings is 1. The van der Waals surface area contributed by atoms with Crippen LogP contribution < -0.4 is 0 Å². The molecule has 0 aliphatic heterocycles. The van der Waals surface area contributed by atoms with E-state index < -0.39 is 0 Å². The molecule has 3 nitrogen and oxygen atoms in total. The minimum atomic E-state index is 0.913. The van der Waals surface area contributed by atoms with Gasteiger partial charge in [0.15, 0.2) is 5.65 Å². The number of furan rings is 1. The van der Waals surface area contributed by atoms with Crippen molar-refractivity contribution < 1.29 is 4.42 Å². The molecule has 236 valence electrons. The maximum absolute atomic E-state index is 6.41. The summed E-state index contributed by atoms with van der Waals surface area (Å²) in [7, 11) is 0. The van der Waals surface area contributed by atoms with Crippen LogP contribution in [0.15, 0.2) is 162 Å².